The van der Waals surface area contributed by atoms with Crippen LogP contribution in [0, 0.1) is 5.82 Å². The minimum Gasteiger partial charge on any atom is -0.468 e. The van der Waals surface area contributed by atoms with E-state index >= 15 is 0 Å². The zero-order valence-corrected chi connectivity index (χ0v) is 10.1. The fourth-order valence-corrected chi connectivity index (χ4v) is 1.90. The smallest absolute Gasteiger partial charge is 0.320 e. The summed E-state index contributed by atoms with van der Waals surface area (Å²) in [5.41, 5.74) is 0.348. The molecule has 2 N–H and O–H groups in total. The molecule has 0 spiro atoms. The van der Waals surface area contributed by atoms with E-state index in [1.807, 2.05) is 0 Å². The first-order valence-electron chi connectivity index (χ1n) is 4.45. The molecule has 16 heavy (non-hydrogen) atoms. The van der Waals surface area contributed by atoms with Crippen molar-refractivity contribution in [3.05, 3.63) is 34.6 Å². The van der Waals surface area contributed by atoms with Gasteiger partial charge in [0.1, 0.15) is 11.1 Å². The van der Waals surface area contributed by atoms with Crippen LogP contribution in [0.5, 0.6) is 0 Å². The second-order valence-corrected chi connectivity index (χ2v) is 4.37. The van der Waals surface area contributed by atoms with Crippen LogP contribution in [0.4, 0.5) is 4.39 Å². The molecule has 0 saturated carbocycles. The quantitative estimate of drug-likeness (QED) is 0.668. The molecule has 1 rings (SSSR count). The van der Waals surface area contributed by atoms with Crippen LogP contribution in [0.25, 0.3) is 0 Å². The summed E-state index contributed by atoms with van der Waals surface area (Å²) in [6.07, 6.45) is 0.153. The lowest BCUT2D eigenvalue weighted by Crippen LogP contribution is -2.23. The summed E-state index contributed by atoms with van der Waals surface area (Å²) in [5, 5.41) is 5.14. The van der Waals surface area contributed by atoms with Crippen LogP contribution in [-0.2, 0) is 16.0 Å². The summed E-state index contributed by atoms with van der Waals surface area (Å²) in [6.45, 7) is 0. The zero-order valence-electron chi connectivity index (χ0n) is 8.57. The van der Waals surface area contributed by atoms with Gasteiger partial charge in [0.2, 0.25) is 0 Å². The summed E-state index contributed by atoms with van der Waals surface area (Å²) < 4.78 is 17.9. The second kappa shape index (κ2) is 6.08. The Kier molecular flexibility index (Phi) is 5.05. The van der Waals surface area contributed by atoms with Gasteiger partial charge in [0.05, 0.1) is 7.11 Å². The van der Waals surface area contributed by atoms with Gasteiger partial charge in [-0.05, 0) is 30.2 Å². The third-order valence-corrected chi connectivity index (χ3v) is 2.96. The van der Waals surface area contributed by atoms with E-state index in [4.69, 9.17) is 16.7 Å². The molecule has 88 valence electrons. The molecule has 0 heterocycles. The van der Waals surface area contributed by atoms with Gasteiger partial charge >= 0.3 is 5.97 Å². The largest absolute Gasteiger partial charge is 0.468 e. The maximum atomic E-state index is 13.4. The number of benzene rings is 1. The fourth-order valence-electron chi connectivity index (χ4n) is 1.22. The van der Waals surface area contributed by atoms with Crippen LogP contribution in [0.2, 0.25) is 5.02 Å². The maximum Gasteiger partial charge on any atom is 0.320 e. The SMILES string of the molecule is COC(=O)[C@H](Cc1cc(Cl)ccc1F)SN. The Balaban J connectivity index is 2.85. The Hall–Kier alpha value is -0.780. The predicted octanol–water partition coefficient (Wildman–Crippen LogP) is 2.17. The molecule has 3 nitrogen and oxygen atoms in total. The van der Waals surface area contributed by atoms with E-state index in [9.17, 15) is 9.18 Å². The fraction of sp³-hybridized carbons (Fsp3) is 0.300. The number of ether oxygens (including phenoxy) is 1. The minimum absolute atomic E-state index is 0.153. The van der Waals surface area contributed by atoms with Gasteiger partial charge in [0, 0.05) is 5.02 Å². The summed E-state index contributed by atoms with van der Waals surface area (Å²) in [7, 11) is 1.26. The van der Waals surface area contributed by atoms with Crippen molar-refractivity contribution < 1.29 is 13.9 Å². The topological polar surface area (TPSA) is 52.3 Å². The molecule has 0 aromatic heterocycles. The number of rotatable bonds is 4. The van der Waals surface area contributed by atoms with Crippen molar-refractivity contribution in [2.75, 3.05) is 7.11 Å². The first-order chi connectivity index (χ1) is 7.58. The summed E-state index contributed by atoms with van der Waals surface area (Å²) in [6, 6.07) is 4.18. The summed E-state index contributed by atoms with van der Waals surface area (Å²) in [5.74, 6) is -0.890. The number of nitrogens with two attached hydrogens (primary N) is 1. The molecule has 0 aliphatic heterocycles. The van der Waals surface area contributed by atoms with E-state index in [1.54, 1.807) is 0 Å². The van der Waals surface area contributed by atoms with Crippen molar-refractivity contribution in [3.63, 3.8) is 0 Å². The molecule has 1 aromatic carbocycles. The first kappa shape index (κ1) is 13.3. The van der Waals surface area contributed by atoms with Crippen molar-refractivity contribution in [3.8, 4) is 0 Å². The molecule has 0 bridgehead atoms. The van der Waals surface area contributed by atoms with Crippen LogP contribution < -0.4 is 5.14 Å². The third-order valence-electron chi connectivity index (χ3n) is 2.04. The predicted molar refractivity (Wildman–Crippen MR) is 62.7 cm³/mol. The summed E-state index contributed by atoms with van der Waals surface area (Å²) >= 11 is 6.56. The number of halogens is 2. The van der Waals surface area contributed by atoms with Gasteiger partial charge in [0.15, 0.2) is 0 Å². The molecule has 0 aliphatic carbocycles. The molecular formula is C10H11ClFNO2S. The highest BCUT2D eigenvalue weighted by atomic mass is 35.5. The van der Waals surface area contributed by atoms with E-state index in [1.165, 1.54) is 25.3 Å². The monoisotopic (exact) mass is 263 g/mol. The Morgan fingerprint density at radius 3 is 2.94 bits per heavy atom. The van der Waals surface area contributed by atoms with Gasteiger partial charge in [-0.1, -0.05) is 23.5 Å². The Labute approximate surface area is 102 Å². The standard InChI is InChI=1S/C10H11ClFNO2S/c1-15-10(14)9(16-13)5-6-4-7(11)2-3-8(6)12/h2-4,9H,5,13H2,1H3/t9-/m0/s1. The molecule has 0 amide bonds. The lowest BCUT2D eigenvalue weighted by Gasteiger charge is -2.12. The Morgan fingerprint density at radius 2 is 2.38 bits per heavy atom. The average Bonchev–Trinajstić information content (AvgIpc) is 2.29. The van der Waals surface area contributed by atoms with Crippen LogP contribution in [-0.4, -0.2) is 18.3 Å². The molecule has 0 unspecified atom stereocenters. The lowest BCUT2D eigenvalue weighted by molar-refractivity contribution is -0.139. The van der Waals surface area contributed by atoms with Gasteiger partial charge in [0.25, 0.3) is 0 Å². The molecule has 0 fully saturated rings. The Morgan fingerprint density at radius 1 is 1.69 bits per heavy atom. The maximum absolute atomic E-state index is 13.4. The van der Waals surface area contributed by atoms with Gasteiger partial charge in [-0.15, -0.1) is 0 Å². The lowest BCUT2D eigenvalue weighted by atomic mass is 10.1. The molecule has 6 heteroatoms. The van der Waals surface area contributed by atoms with Crippen molar-refractivity contribution in [1.82, 2.24) is 0 Å². The zero-order chi connectivity index (χ0) is 12.1. The van der Waals surface area contributed by atoms with E-state index in [0.717, 1.165) is 11.9 Å². The Bertz CT molecular complexity index is 389. The van der Waals surface area contributed by atoms with Gasteiger partial charge < -0.3 is 4.74 Å². The number of hydrogen-bond donors (Lipinski definition) is 1. The number of carbonyl (C=O) groups excluding carboxylic acids is 1. The average molecular weight is 264 g/mol. The van der Waals surface area contributed by atoms with Crippen LogP contribution >= 0.6 is 23.5 Å². The number of carbonyl (C=O) groups is 1. The molecule has 0 radical (unpaired) electrons. The van der Waals surface area contributed by atoms with Crippen molar-refractivity contribution in [2.24, 2.45) is 5.14 Å². The molecule has 1 aromatic rings. The van der Waals surface area contributed by atoms with E-state index in [2.05, 4.69) is 4.74 Å². The van der Waals surface area contributed by atoms with Gasteiger partial charge in [-0.2, -0.15) is 0 Å². The van der Waals surface area contributed by atoms with E-state index < -0.39 is 17.0 Å². The second-order valence-electron chi connectivity index (χ2n) is 3.09. The summed E-state index contributed by atoms with van der Waals surface area (Å²) in [4.78, 5) is 11.3. The third kappa shape index (κ3) is 3.37. The van der Waals surface area contributed by atoms with E-state index in [-0.39, 0.29) is 6.42 Å². The number of hydrogen-bond acceptors (Lipinski definition) is 4. The van der Waals surface area contributed by atoms with E-state index in [0.29, 0.717) is 10.6 Å². The minimum atomic E-state index is -0.627. The molecule has 0 aliphatic rings. The van der Waals surface area contributed by atoms with Gasteiger partial charge in [-0.3, -0.25) is 9.93 Å². The van der Waals surface area contributed by atoms with Crippen LogP contribution in [0.15, 0.2) is 18.2 Å². The van der Waals surface area contributed by atoms with Gasteiger partial charge in [-0.25, -0.2) is 4.39 Å². The normalized spacial score (nSPS) is 12.2. The van der Waals surface area contributed by atoms with Crippen molar-refractivity contribution in [1.29, 1.82) is 0 Å². The number of esters is 1. The van der Waals surface area contributed by atoms with Crippen LogP contribution in [0.1, 0.15) is 5.56 Å². The first-order valence-corrected chi connectivity index (χ1v) is 5.78. The molecule has 0 saturated heterocycles. The molecule has 1 atom stereocenters. The highest BCUT2D eigenvalue weighted by molar-refractivity contribution is 7.98. The molecular weight excluding hydrogens is 253 g/mol. The van der Waals surface area contributed by atoms with Crippen LogP contribution in [0.3, 0.4) is 0 Å². The highest BCUT2D eigenvalue weighted by Crippen LogP contribution is 2.19. The van der Waals surface area contributed by atoms with Crippen molar-refractivity contribution >= 4 is 29.5 Å². The number of methoxy groups -OCH3 is 1. The van der Waals surface area contributed by atoms with Crippen molar-refractivity contribution in [2.45, 2.75) is 11.7 Å². The highest BCUT2D eigenvalue weighted by Gasteiger charge is 2.20.